The lowest BCUT2D eigenvalue weighted by molar-refractivity contribution is -0.148. The summed E-state index contributed by atoms with van der Waals surface area (Å²) < 4.78 is 41.2. The number of amides is 1. The van der Waals surface area contributed by atoms with E-state index in [2.05, 4.69) is 0 Å². The number of ether oxygens (including phenoxy) is 3. The number of fused-ring (bicyclic) bond motifs is 1. The summed E-state index contributed by atoms with van der Waals surface area (Å²) in [6.45, 7) is -0.312. The Kier molecular flexibility index (Phi) is 6.28. The highest BCUT2D eigenvalue weighted by Crippen LogP contribution is 2.33. The first-order valence-corrected chi connectivity index (χ1v) is 10.5. The minimum atomic E-state index is -3.55. The van der Waals surface area contributed by atoms with Gasteiger partial charge in [-0.3, -0.25) is 4.79 Å². The van der Waals surface area contributed by atoms with Gasteiger partial charge in [0.25, 0.3) is 5.91 Å². The number of anilines is 1. The Hall–Kier alpha value is -3.11. The third-order valence-corrected chi connectivity index (χ3v) is 6.33. The van der Waals surface area contributed by atoms with Gasteiger partial charge in [0.1, 0.15) is 11.5 Å². The van der Waals surface area contributed by atoms with Crippen molar-refractivity contribution in [3.8, 4) is 11.5 Å². The van der Waals surface area contributed by atoms with E-state index in [1.165, 1.54) is 50.4 Å². The molecule has 2 aromatic carbocycles. The zero-order valence-corrected chi connectivity index (χ0v) is 17.6. The molecular formula is C20H22N2O7S. The molecule has 0 N–H and O–H groups in total. The highest BCUT2D eigenvalue weighted by atomic mass is 32.2. The molecule has 1 aliphatic heterocycles. The predicted molar refractivity (Wildman–Crippen MR) is 108 cm³/mol. The Morgan fingerprint density at radius 1 is 1.13 bits per heavy atom. The van der Waals surface area contributed by atoms with Crippen LogP contribution < -0.4 is 14.4 Å². The van der Waals surface area contributed by atoms with E-state index >= 15 is 0 Å². The van der Waals surface area contributed by atoms with E-state index < -0.39 is 22.1 Å². The topological polar surface area (TPSA) is 102 Å². The molecule has 0 aliphatic carbocycles. The zero-order valence-electron chi connectivity index (χ0n) is 16.8. The molecular weight excluding hydrogens is 412 g/mol. The van der Waals surface area contributed by atoms with E-state index in [0.717, 1.165) is 4.31 Å². The lowest BCUT2D eigenvalue weighted by Crippen LogP contribution is -2.48. The van der Waals surface area contributed by atoms with Gasteiger partial charge in [0.2, 0.25) is 16.1 Å². The van der Waals surface area contributed by atoms with Gasteiger partial charge in [0.05, 0.1) is 24.2 Å². The lowest BCUT2D eigenvalue weighted by atomic mass is 10.2. The maximum absolute atomic E-state index is 12.8. The van der Waals surface area contributed by atoms with Gasteiger partial charge >= 0.3 is 5.97 Å². The van der Waals surface area contributed by atoms with Gasteiger partial charge in [-0.15, -0.1) is 0 Å². The molecule has 3 rings (SSSR count). The van der Waals surface area contributed by atoms with Crippen LogP contribution in [0.15, 0.2) is 53.4 Å². The maximum atomic E-state index is 12.8. The molecule has 0 radical (unpaired) electrons. The summed E-state index contributed by atoms with van der Waals surface area (Å²) in [5, 5.41) is 0. The van der Waals surface area contributed by atoms with Gasteiger partial charge < -0.3 is 19.1 Å². The Labute approximate surface area is 174 Å². The Morgan fingerprint density at radius 2 is 1.80 bits per heavy atom. The summed E-state index contributed by atoms with van der Waals surface area (Å²) in [4.78, 5) is 26.2. The third kappa shape index (κ3) is 4.39. The predicted octanol–water partition coefficient (Wildman–Crippen LogP) is 1.28. The van der Waals surface area contributed by atoms with E-state index in [-0.39, 0.29) is 24.0 Å². The highest BCUT2D eigenvalue weighted by Gasteiger charge is 2.34. The number of benzene rings is 2. The van der Waals surface area contributed by atoms with Crippen LogP contribution >= 0.6 is 0 Å². The van der Waals surface area contributed by atoms with Crippen LogP contribution in [-0.4, -0.2) is 65.1 Å². The maximum Gasteiger partial charge on any atom is 0.348 e. The van der Waals surface area contributed by atoms with Crippen molar-refractivity contribution in [2.45, 2.75) is 11.0 Å². The second kappa shape index (κ2) is 8.72. The quantitative estimate of drug-likeness (QED) is 0.631. The molecule has 1 amide bonds. The summed E-state index contributed by atoms with van der Waals surface area (Å²) in [6, 6.07) is 12.6. The Balaban J connectivity index is 1.72. The Morgan fingerprint density at radius 3 is 2.43 bits per heavy atom. The minimum Gasteiger partial charge on any atom is -0.484 e. The SMILES string of the molecule is COC(=O)[C@@H]1CN(C(=O)COc2ccc(S(=O)(=O)N(C)C)cc2)c2ccccc2O1. The molecule has 10 heteroatoms. The largest absolute Gasteiger partial charge is 0.484 e. The normalized spacial score (nSPS) is 15.9. The van der Waals surface area contributed by atoms with Crippen LogP contribution in [0.25, 0.3) is 0 Å². The first-order valence-electron chi connectivity index (χ1n) is 9.03. The molecule has 160 valence electrons. The van der Waals surface area contributed by atoms with Crippen molar-refractivity contribution in [2.24, 2.45) is 0 Å². The van der Waals surface area contributed by atoms with Gasteiger partial charge in [-0.25, -0.2) is 17.5 Å². The number of methoxy groups -OCH3 is 1. The van der Waals surface area contributed by atoms with Gasteiger partial charge in [-0.2, -0.15) is 0 Å². The van der Waals surface area contributed by atoms with Gasteiger partial charge in [0.15, 0.2) is 6.61 Å². The van der Waals surface area contributed by atoms with E-state index in [4.69, 9.17) is 14.2 Å². The molecule has 0 saturated carbocycles. The number of sulfonamides is 1. The Bertz CT molecular complexity index is 1040. The van der Waals surface area contributed by atoms with Crippen molar-refractivity contribution < 1.29 is 32.2 Å². The second-order valence-corrected chi connectivity index (χ2v) is 8.80. The second-order valence-electron chi connectivity index (χ2n) is 6.65. The first-order chi connectivity index (χ1) is 14.2. The molecule has 0 aromatic heterocycles. The zero-order chi connectivity index (χ0) is 21.9. The number of carbonyl (C=O) groups is 2. The third-order valence-electron chi connectivity index (χ3n) is 4.50. The summed E-state index contributed by atoms with van der Waals surface area (Å²) >= 11 is 0. The summed E-state index contributed by atoms with van der Waals surface area (Å²) in [5.41, 5.74) is 0.527. The molecule has 0 saturated heterocycles. The number of esters is 1. The summed E-state index contributed by atoms with van der Waals surface area (Å²) in [5.74, 6) is -0.233. The molecule has 1 atom stereocenters. The molecule has 30 heavy (non-hydrogen) atoms. The molecule has 2 aromatic rings. The standard InChI is InChI=1S/C20H22N2O7S/c1-21(2)30(25,26)15-10-8-14(9-11-15)28-13-19(23)22-12-18(20(24)27-3)29-17-7-5-4-6-16(17)22/h4-11,18H,12-13H2,1-3H3/t18-/m0/s1. The number of hydrogen-bond donors (Lipinski definition) is 0. The van der Waals surface area contributed by atoms with Crippen LogP contribution in [0.2, 0.25) is 0 Å². The van der Waals surface area contributed by atoms with Crippen LogP contribution in [0, 0.1) is 0 Å². The fourth-order valence-corrected chi connectivity index (χ4v) is 3.77. The fraction of sp³-hybridized carbons (Fsp3) is 0.300. The van der Waals surface area contributed by atoms with E-state index in [9.17, 15) is 18.0 Å². The first kappa shape index (κ1) is 21.6. The molecule has 1 heterocycles. The molecule has 0 bridgehead atoms. The summed E-state index contributed by atoms with van der Waals surface area (Å²) in [7, 11) is 0.593. The van der Waals surface area contributed by atoms with Crippen molar-refractivity contribution in [1.82, 2.24) is 4.31 Å². The molecule has 0 fully saturated rings. The number of hydrogen-bond acceptors (Lipinski definition) is 7. The molecule has 0 spiro atoms. The van der Waals surface area contributed by atoms with Crippen LogP contribution in [0.4, 0.5) is 5.69 Å². The van der Waals surface area contributed by atoms with Crippen LogP contribution in [0.1, 0.15) is 0 Å². The van der Waals surface area contributed by atoms with Gasteiger partial charge in [0, 0.05) is 14.1 Å². The molecule has 9 nitrogen and oxygen atoms in total. The van der Waals surface area contributed by atoms with Crippen molar-refractivity contribution in [3.05, 3.63) is 48.5 Å². The number of carbonyl (C=O) groups excluding carboxylic acids is 2. The lowest BCUT2D eigenvalue weighted by Gasteiger charge is -2.33. The van der Waals surface area contributed by atoms with Crippen molar-refractivity contribution in [2.75, 3.05) is 39.3 Å². The summed E-state index contributed by atoms with van der Waals surface area (Å²) in [6.07, 6.45) is -0.940. The van der Waals surface area contributed by atoms with Gasteiger partial charge in [-0.05, 0) is 36.4 Å². The van der Waals surface area contributed by atoms with Gasteiger partial charge in [-0.1, -0.05) is 12.1 Å². The molecule has 1 aliphatic rings. The average Bonchev–Trinajstić information content (AvgIpc) is 2.76. The monoisotopic (exact) mass is 434 g/mol. The van der Waals surface area contributed by atoms with E-state index in [1.54, 1.807) is 24.3 Å². The number of rotatable bonds is 6. The fourth-order valence-electron chi connectivity index (χ4n) is 2.87. The van der Waals surface area contributed by atoms with Crippen molar-refractivity contribution in [1.29, 1.82) is 0 Å². The average molecular weight is 434 g/mol. The van der Waals surface area contributed by atoms with Crippen LogP contribution in [0.5, 0.6) is 11.5 Å². The highest BCUT2D eigenvalue weighted by molar-refractivity contribution is 7.89. The van der Waals surface area contributed by atoms with Crippen molar-refractivity contribution >= 4 is 27.6 Å². The number of nitrogens with zero attached hydrogens (tertiary/aromatic N) is 2. The van der Waals surface area contributed by atoms with Crippen molar-refractivity contribution in [3.63, 3.8) is 0 Å². The number of para-hydroxylation sites is 2. The smallest absolute Gasteiger partial charge is 0.348 e. The van der Waals surface area contributed by atoms with E-state index in [1.807, 2.05) is 0 Å². The minimum absolute atomic E-state index is 0.00804. The van der Waals surface area contributed by atoms with Crippen LogP contribution in [-0.2, 0) is 24.3 Å². The van der Waals surface area contributed by atoms with Crippen LogP contribution in [0.3, 0.4) is 0 Å². The van der Waals surface area contributed by atoms with E-state index in [0.29, 0.717) is 17.2 Å². The molecule has 0 unspecified atom stereocenters.